The minimum absolute atomic E-state index is 0.0750. The van der Waals surface area contributed by atoms with Gasteiger partial charge in [-0.25, -0.2) is 4.79 Å². The summed E-state index contributed by atoms with van der Waals surface area (Å²) in [6.45, 7) is 3.28. The molecule has 70 valence electrons. The number of hydrogen-bond acceptors (Lipinski definition) is 3. The van der Waals surface area contributed by atoms with Gasteiger partial charge >= 0.3 is 6.09 Å². The number of amides is 1. The first kappa shape index (κ1) is 9.32. The molecule has 4 nitrogen and oxygen atoms in total. The molecule has 0 unspecified atom stereocenters. The molecule has 1 aliphatic rings. The van der Waals surface area contributed by atoms with E-state index in [4.69, 9.17) is 9.84 Å². The van der Waals surface area contributed by atoms with Gasteiger partial charge in [0.15, 0.2) is 0 Å². The number of carbonyl (C=O) groups is 1. The normalized spacial score (nSPS) is 23.0. The molecule has 1 atom stereocenters. The molecule has 0 bridgehead atoms. The van der Waals surface area contributed by atoms with E-state index in [1.165, 1.54) is 0 Å². The maximum Gasteiger partial charge on any atom is 0.410 e. The van der Waals surface area contributed by atoms with Gasteiger partial charge in [-0.1, -0.05) is 13.3 Å². The Morgan fingerprint density at radius 2 is 2.50 bits per heavy atom. The Labute approximate surface area is 72.1 Å². The lowest BCUT2D eigenvalue weighted by molar-refractivity contribution is 0.0947. The lowest BCUT2D eigenvalue weighted by atomic mass is 10.3. The molecular formula is C8H15NO3. The quantitative estimate of drug-likeness (QED) is 0.677. The van der Waals surface area contributed by atoms with Gasteiger partial charge in [-0.15, -0.1) is 0 Å². The fourth-order valence-corrected chi connectivity index (χ4v) is 1.20. The van der Waals surface area contributed by atoms with Crippen molar-refractivity contribution in [1.29, 1.82) is 0 Å². The Hall–Kier alpha value is -0.770. The summed E-state index contributed by atoms with van der Waals surface area (Å²) in [7, 11) is 0. The zero-order valence-electron chi connectivity index (χ0n) is 7.32. The fourth-order valence-electron chi connectivity index (χ4n) is 1.20. The fraction of sp³-hybridized carbons (Fsp3) is 0.875. The summed E-state index contributed by atoms with van der Waals surface area (Å²) in [5, 5.41) is 8.72. The Morgan fingerprint density at radius 3 is 3.00 bits per heavy atom. The van der Waals surface area contributed by atoms with Gasteiger partial charge < -0.3 is 14.7 Å². The maximum absolute atomic E-state index is 11.0. The van der Waals surface area contributed by atoms with Crippen molar-refractivity contribution < 1.29 is 14.6 Å². The van der Waals surface area contributed by atoms with Crippen LogP contribution in [0, 0.1) is 0 Å². The summed E-state index contributed by atoms with van der Waals surface area (Å²) in [5.41, 5.74) is 0. The predicted molar refractivity (Wildman–Crippen MR) is 43.8 cm³/mol. The van der Waals surface area contributed by atoms with Crippen molar-refractivity contribution >= 4 is 6.09 Å². The van der Waals surface area contributed by atoms with E-state index in [2.05, 4.69) is 6.92 Å². The molecule has 1 N–H and O–H groups in total. The monoisotopic (exact) mass is 173 g/mol. The van der Waals surface area contributed by atoms with Crippen molar-refractivity contribution in [2.45, 2.75) is 25.9 Å². The molecule has 1 aliphatic heterocycles. The van der Waals surface area contributed by atoms with Crippen LogP contribution in [0.25, 0.3) is 0 Å². The van der Waals surface area contributed by atoms with Gasteiger partial charge in [0.2, 0.25) is 0 Å². The molecule has 1 fully saturated rings. The average Bonchev–Trinajstić information content (AvgIpc) is 2.43. The molecule has 0 aliphatic carbocycles. The Kier molecular flexibility index (Phi) is 3.34. The van der Waals surface area contributed by atoms with E-state index in [-0.39, 0.29) is 18.8 Å². The third-order valence-corrected chi connectivity index (χ3v) is 1.93. The minimum Gasteiger partial charge on any atom is -0.442 e. The molecule has 1 saturated heterocycles. The van der Waals surface area contributed by atoms with E-state index < -0.39 is 0 Å². The van der Waals surface area contributed by atoms with Gasteiger partial charge in [-0.3, -0.25) is 0 Å². The van der Waals surface area contributed by atoms with Gasteiger partial charge in [0.1, 0.15) is 6.10 Å². The van der Waals surface area contributed by atoms with Crippen LogP contribution in [0.2, 0.25) is 0 Å². The highest BCUT2D eigenvalue weighted by Crippen LogP contribution is 2.11. The molecule has 0 aromatic heterocycles. The smallest absolute Gasteiger partial charge is 0.410 e. The van der Waals surface area contributed by atoms with Crippen LogP contribution in [0.15, 0.2) is 0 Å². The SMILES string of the molecule is CCCCN1C[C@@H](CO)OC1=O. The first-order valence-corrected chi connectivity index (χ1v) is 4.34. The number of rotatable bonds is 4. The molecule has 0 radical (unpaired) electrons. The number of carbonyl (C=O) groups excluding carboxylic acids is 1. The van der Waals surface area contributed by atoms with Gasteiger partial charge in [0.25, 0.3) is 0 Å². The molecular weight excluding hydrogens is 158 g/mol. The van der Waals surface area contributed by atoms with Gasteiger partial charge in [-0.2, -0.15) is 0 Å². The van der Waals surface area contributed by atoms with Crippen LogP contribution >= 0.6 is 0 Å². The molecule has 12 heavy (non-hydrogen) atoms. The second-order valence-electron chi connectivity index (χ2n) is 2.99. The van der Waals surface area contributed by atoms with Crippen LogP contribution in [0.4, 0.5) is 4.79 Å². The number of ether oxygens (including phenoxy) is 1. The van der Waals surface area contributed by atoms with Crippen molar-refractivity contribution in [2.24, 2.45) is 0 Å². The molecule has 1 heterocycles. The molecule has 1 rings (SSSR count). The standard InChI is InChI=1S/C8H15NO3/c1-2-3-4-9-5-7(6-10)12-8(9)11/h7,10H,2-6H2,1H3/t7-/m0/s1. The second kappa shape index (κ2) is 4.30. The number of nitrogens with zero attached hydrogens (tertiary/aromatic N) is 1. The zero-order valence-corrected chi connectivity index (χ0v) is 7.32. The minimum atomic E-state index is -0.311. The molecule has 0 spiro atoms. The lowest BCUT2D eigenvalue weighted by Crippen LogP contribution is -2.26. The number of hydrogen-bond donors (Lipinski definition) is 1. The largest absolute Gasteiger partial charge is 0.442 e. The topological polar surface area (TPSA) is 49.8 Å². The number of aliphatic hydroxyl groups excluding tert-OH is 1. The average molecular weight is 173 g/mol. The van der Waals surface area contributed by atoms with Crippen LogP contribution in [0.5, 0.6) is 0 Å². The first-order valence-electron chi connectivity index (χ1n) is 4.34. The number of unbranched alkanes of at least 4 members (excludes halogenated alkanes) is 1. The van der Waals surface area contributed by atoms with E-state index in [1.54, 1.807) is 4.90 Å². The summed E-state index contributed by atoms with van der Waals surface area (Å²) in [5.74, 6) is 0. The van der Waals surface area contributed by atoms with Crippen molar-refractivity contribution in [2.75, 3.05) is 19.7 Å². The highest BCUT2D eigenvalue weighted by Gasteiger charge is 2.29. The first-order chi connectivity index (χ1) is 5.77. The highest BCUT2D eigenvalue weighted by atomic mass is 16.6. The van der Waals surface area contributed by atoms with E-state index in [1.807, 2.05) is 0 Å². The van der Waals surface area contributed by atoms with Crippen LogP contribution in [-0.2, 0) is 4.74 Å². The van der Waals surface area contributed by atoms with Crippen LogP contribution < -0.4 is 0 Å². The summed E-state index contributed by atoms with van der Waals surface area (Å²) in [4.78, 5) is 12.7. The van der Waals surface area contributed by atoms with E-state index >= 15 is 0 Å². The van der Waals surface area contributed by atoms with Crippen molar-refractivity contribution in [3.05, 3.63) is 0 Å². The summed E-state index contributed by atoms with van der Waals surface area (Å²) >= 11 is 0. The molecule has 0 aromatic carbocycles. The number of aliphatic hydroxyl groups is 1. The summed E-state index contributed by atoms with van der Waals surface area (Å²) in [6, 6.07) is 0. The van der Waals surface area contributed by atoms with Gasteiger partial charge in [0, 0.05) is 6.54 Å². The van der Waals surface area contributed by atoms with E-state index in [0.29, 0.717) is 6.54 Å². The summed E-state index contributed by atoms with van der Waals surface area (Å²) < 4.78 is 4.86. The van der Waals surface area contributed by atoms with E-state index in [9.17, 15) is 4.79 Å². The van der Waals surface area contributed by atoms with Crippen molar-refractivity contribution in [3.8, 4) is 0 Å². The molecule has 0 saturated carbocycles. The van der Waals surface area contributed by atoms with E-state index in [0.717, 1.165) is 19.4 Å². The van der Waals surface area contributed by atoms with Gasteiger partial charge in [-0.05, 0) is 6.42 Å². The van der Waals surface area contributed by atoms with Crippen LogP contribution in [-0.4, -0.2) is 41.9 Å². The Bertz CT molecular complexity index is 160. The summed E-state index contributed by atoms with van der Waals surface area (Å²) in [6.07, 6.45) is 1.46. The second-order valence-corrected chi connectivity index (χ2v) is 2.99. The Balaban J connectivity index is 2.31. The molecule has 4 heteroatoms. The molecule has 0 aromatic rings. The van der Waals surface area contributed by atoms with Crippen molar-refractivity contribution in [1.82, 2.24) is 4.90 Å². The van der Waals surface area contributed by atoms with Crippen LogP contribution in [0.3, 0.4) is 0 Å². The van der Waals surface area contributed by atoms with Gasteiger partial charge in [0.05, 0.1) is 13.2 Å². The van der Waals surface area contributed by atoms with Crippen molar-refractivity contribution in [3.63, 3.8) is 0 Å². The predicted octanol–water partition coefficient (Wildman–Crippen LogP) is 0.600. The number of cyclic esters (lactones) is 1. The zero-order chi connectivity index (χ0) is 8.97. The Morgan fingerprint density at radius 1 is 1.75 bits per heavy atom. The third kappa shape index (κ3) is 2.11. The lowest BCUT2D eigenvalue weighted by Gasteiger charge is -2.10. The highest BCUT2D eigenvalue weighted by molar-refractivity contribution is 5.69. The third-order valence-electron chi connectivity index (χ3n) is 1.93. The van der Waals surface area contributed by atoms with Crippen LogP contribution in [0.1, 0.15) is 19.8 Å². The maximum atomic E-state index is 11.0. The molecule has 1 amide bonds.